The highest BCUT2D eigenvalue weighted by atomic mass is 15.3. The van der Waals surface area contributed by atoms with Crippen molar-refractivity contribution in [1.29, 1.82) is 0 Å². The molecular formula is C14H26N4. The number of hydrogen-bond donors (Lipinski definition) is 0. The lowest BCUT2D eigenvalue weighted by Crippen LogP contribution is -2.39. The normalized spacial score (nSPS) is 25.4. The lowest BCUT2D eigenvalue weighted by Gasteiger charge is -2.34. The summed E-state index contributed by atoms with van der Waals surface area (Å²) in [5, 5.41) is 4.12. The SMILES string of the molecule is CC1CC(C)CN(CCCCCn2cncn2)C1. The van der Waals surface area contributed by atoms with Crippen molar-refractivity contribution >= 4 is 0 Å². The average molecular weight is 250 g/mol. The highest BCUT2D eigenvalue weighted by molar-refractivity contribution is 4.74. The van der Waals surface area contributed by atoms with E-state index in [1.54, 1.807) is 12.7 Å². The Kier molecular flexibility index (Phi) is 5.17. The maximum absolute atomic E-state index is 4.12. The fourth-order valence-electron chi connectivity index (χ4n) is 3.11. The Balaban J connectivity index is 1.55. The monoisotopic (exact) mass is 250 g/mol. The van der Waals surface area contributed by atoms with Crippen LogP contribution in [0.15, 0.2) is 12.7 Å². The van der Waals surface area contributed by atoms with Crippen LogP contribution < -0.4 is 0 Å². The number of unbranched alkanes of at least 4 members (excludes halogenated alkanes) is 2. The van der Waals surface area contributed by atoms with Crippen LogP contribution in [-0.2, 0) is 6.54 Å². The van der Waals surface area contributed by atoms with Crippen LogP contribution in [0, 0.1) is 11.8 Å². The molecule has 2 unspecified atom stereocenters. The molecule has 0 bridgehead atoms. The summed E-state index contributed by atoms with van der Waals surface area (Å²) in [6.45, 7) is 9.64. The largest absolute Gasteiger partial charge is 0.303 e. The summed E-state index contributed by atoms with van der Waals surface area (Å²) < 4.78 is 1.92. The van der Waals surface area contributed by atoms with Gasteiger partial charge in [-0.05, 0) is 37.6 Å². The second-order valence-corrected chi connectivity index (χ2v) is 5.92. The predicted octanol–water partition coefficient (Wildman–Crippen LogP) is 2.43. The van der Waals surface area contributed by atoms with Gasteiger partial charge in [-0.25, -0.2) is 4.98 Å². The first kappa shape index (κ1) is 13.5. The maximum atomic E-state index is 4.12. The number of aromatic nitrogens is 3. The van der Waals surface area contributed by atoms with E-state index in [1.807, 2.05) is 4.68 Å². The van der Waals surface area contributed by atoms with Crippen molar-refractivity contribution in [2.45, 2.75) is 46.1 Å². The van der Waals surface area contributed by atoms with E-state index in [0.717, 1.165) is 18.4 Å². The Morgan fingerprint density at radius 1 is 1.06 bits per heavy atom. The summed E-state index contributed by atoms with van der Waals surface area (Å²) in [5.74, 6) is 1.76. The minimum atomic E-state index is 0.879. The molecule has 4 nitrogen and oxygen atoms in total. The topological polar surface area (TPSA) is 34.0 Å². The van der Waals surface area contributed by atoms with E-state index in [9.17, 15) is 0 Å². The van der Waals surface area contributed by atoms with Gasteiger partial charge in [-0.3, -0.25) is 4.68 Å². The molecule has 0 saturated carbocycles. The van der Waals surface area contributed by atoms with Gasteiger partial charge in [-0.15, -0.1) is 0 Å². The van der Waals surface area contributed by atoms with E-state index in [1.165, 1.54) is 45.3 Å². The molecule has 1 fully saturated rings. The van der Waals surface area contributed by atoms with E-state index in [0.29, 0.717) is 0 Å². The van der Waals surface area contributed by atoms with Crippen LogP contribution in [0.1, 0.15) is 39.5 Å². The number of nitrogens with zero attached hydrogens (tertiary/aromatic N) is 4. The van der Waals surface area contributed by atoms with Crippen LogP contribution in [-0.4, -0.2) is 39.3 Å². The fraction of sp³-hybridized carbons (Fsp3) is 0.857. The summed E-state index contributed by atoms with van der Waals surface area (Å²) in [4.78, 5) is 6.60. The molecule has 1 aromatic heterocycles. The predicted molar refractivity (Wildman–Crippen MR) is 73.3 cm³/mol. The number of piperidine rings is 1. The lowest BCUT2D eigenvalue weighted by molar-refractivity contribution is 0.138. The molecule has 102 valence electrons. The Morgan fingerprint density at radius 3 is 2.44 bits per heavy atom. The third-order valence-electron chi connectivity index (χ3n) is 3.77. The zero-order chi connectivity index (χ0) is 12.8. The summed E-state index contributed by atoms with van der Waals surface area (Å²) >= 11 is 0. The maximum Gasteiger partial charge on any atom is 0.137 e. The van der Waals surface area contributed by atoms with Crippen molar-refractivity contribution in [2.24, 2.45) is 11.8 Å². The van der Waals surface area contributed by atoms with Gasteiger partial charge in [-0.2, -0.15) is 5.10 Å². The van der Waals surface area contributed by atoms with Crippen LogP contribution in [0.5, 0.6) is 0 Å². The van der Waals surface area contributed by atoms with Gasteiger partial charge in [0.2, 0.25) is 0 Å². The van der Waals surface area contributed by atoms with Gasteiger partial charge in [0, 0.05) is 19.6 Å². The van der Waals surface area contributed by atoms with Crippen LogP contribution in [0.25, 0.3) is 0 Å². The highest BCUT2D eigenvalue weighted by Crippen LogP contribution is 2.21. The molecule has 0 spiro atoms. The van der Waals surface area contributed by atoms with Crippen molar-refractivity contribution in [1.82, 2.24) is 19.7 Å². The van der Waals surface area contributed by atoms with Crippen LogP contribution >= 0.6 is 0 Å². The van der Waals surface area contributed by atoms with E-state index in [-0.39, 0.29) is 0 Å². The minimum absolute atomic E-state index is 0.879. The second-order valence-electron chi connectivity index (χ2n) is 5.92. The molecule has 2 heterocycles. The van der Waals surface area contributed by atoms with Crippen LogP contribution in [0.3, 0.4) is 0 Å². The smallest absolute Gasteiger partial charge is 0.137 e. The quantitative estimate of drug-likeness (QED) is 0.727. The van der Waals surface area contributed by atoms with Gasteiger partial charge < -0.3 is 4.90 Å². The van der Waals surface area contributed by atoms with Crippen molar-refractivity contribution < 1.29 is 0 Å². The third-order valence-corrected chi connectivity index (χ3v) is 3.77. The van der Waals surface area contributed by atoms with Crippen molar-refractivity contribution in [2.75, 3.05) is 19.6 Å². The molecule has 1 aliphatic rings. The van der Waals surface area contributed by atoms with Gasteiger partial charge >= 0.3 is 0 Å². The molecule has 18 heavy (non-hydrogen) atoms. The number of hydrogen-bond acceptors (Lipinski definition) is 3. The molecule has 0 amide bonds. The summed E-state index contributed by atoms with van der Waals surface area (Å²) in [5.41, 5.74) is 0. The molecule has 1 saturated heterocycles. The highest BCUT2D eigenvalue weighted by Gasteiger charge is 2.20. The first-order valence-corrected chi connectivity index (χ1v) is 7.29. The van der Waals surface area contributed by atoms with Gasteiger partial charge in [0.25, 0.3) is 0 Å². The first-order valence-electron chi connectivity index (χ1n) is 7.29. The zero-order valence-electron chi connectivity index (χ0n) is 11.8. The van der Waals surface area contributed by atoms with Gasteiger partial charge in [-0.1, -0.05) is 20.3 Å². The molecule has 0 aromatic carbocycles. The molecule has 2 atom stereocenters. The first-order chi connectivity index (χ1) is 8.74. The number of likely N-dealkylation sites (tertiary alicyclic amines) is 1. The molecule has 0 radical (unpaired) electrons. The molecule has 0 N–H and O–H groups in total. The standard InChI is InChI=1S/C14H26N4/c1-13-8-14(2)10-17(9-13)6-4-3-5-7-18-12-15-11-16-18/h11-14H,3-10H2,1-2H3. The van der Waals surface area contributed by atoms with Gasteiger partial charge in [0.1, 0.15) is 12.7 Å². The van der Waals surface area contributed by atoms with E-state index in [4.69, 9.17) is 0 Å². The molecule has 0 aliphatic carbocycles. The van der Waals surface area contributed by atoms with Crippen LogP contribution in [0.4, 0.5) is 0 Å². The molecule has 1 aromatic rings. The Hall–Kier alpha value is -0.900. The Labute approximate surface area is 110 Å². The van der Waals surface area contributed by atoms with Gasteiger partial charge in [0.15, 0.2) is 0 Å². The average Bonchev–Trinajstić information content (AvgIpc) is 2.80. The molecule has 4 heteroatoms. The van der Waals surface area contributed by atoms with E-state index in [2.05, 4.69) is 28.8 Å². The van der Waals surface area contributed by atoms with E-state index >= 15 is 0 Å². The molecular weight excluding hydrogens is 224 g/mol. The van der Waals surface area contributed by atoms with Gasteiger partial charge in [0.05, 0.1) is 0 Å². The lowest BCUT2D eigenvalue weighted by atomic mass is 9.92. The second kappa shape index (κ2) is 6.88. The third kappa shape index (κ3) is 4.41. The summed E-state index contributed by atoms with van der Waals surface area (Å²) in [6, 6.07) is 0. The molecule has 2 rings (SSSR count). The zero-order valence-corrected chi connectivity index (χ0v) is 11.8. The fourth-order valence-corrected chi connectivity index (χ4v) is 3.11. The molecule has 1 aliphatic heterocycles. The number of rotatable bonds is 6. The van der Waals surface area contributed by atoms with Crippen molar-refractivity contribution in [3.63, 3.8) is 0 Å². The Bertz CT molecular complexity index is 313. The van der Waals surface area contributed by atoms with Crippen molar-refractivity contribution in [3.05, 3.63) is 12.7 Å². The van der Waals surface area contributed by atoms with Crippen LogP contribution in [0.2, 0.25) is 0 Å². The van der Waals surface area contributed by atoms with E-state index < -0.39 is 0 Å². The minimum Gasteiger partial charge on any atom is -0.303 e. The number of aryl methyl sites for hydroxylation is 1. The Morgan fingerprint density at radius 2 is 1.78 bits per heavy atom. The van der Waals surface area contributed by atoms with Crippen molar-refractivity contribution in [3.8, 4) is 0 Å². The summed E-state index contributed by atoms with van der Waals surface area (Å²) in [6.07, 6.45) is 8.63. The summed E-state index contributed by atoms with van der Waals surface area (Å²) in [7, 11) is 0.